The summed E-state index contributed by atoms with van der Waals surface area (Å²) in [5.41, 5.74) is 3.45. The summed E-state index contributed by atoms with van der Waals surface area (Å²) < 4.78 is 1.47. The largest absolute Gasteiger partial charge is 0.288 e. The van der Waals surface area contributed by atoms with E-state index in [0.29, 0.717) is 27.3 Å². The molecular formula is C23H16ClN5O4S. The number of thioether (sulfide) groups is 1. The Hall–Kier alpha value is -4.02. The fourth-order valence-electron chi connectivity index (χ4n) is 3.11. The lowest BCUT2D eigenvalue weighted by Crippen LogP contribution is -2.24. The van der Waals surface area contributed by atoms with Crippen LogP contribution in [0.3, 0.4) is 0 Å². The van der Waals surface area contributed by atoms with Gasteiger partial charge in [0.05, 0.1) is 33.5 Å². The minimum absolute atomic E-state index is 0.00920. The first-order chi connectivity index (χ1) is 16.4. The van der Waals surface area contributed by atoms with E-state index < -0.39 is 10.8 Å². The molecule has 0 fully saturated rings. The number of para-hydroxylation sites is 2. The highest BCUT2D eigenvalue weighted by atomic mass is 35.5. The van der Waals surface area contributed by atoms with Crippen molar-refractivity contribution in [2.45, 2.75) is 5.16 Å². The predicted octanol–water partition coefficient (Wildman–Crippen LogP) is 4.19. The molecule has 34 heavy (non-hydrogen) atoms. The van der Waals surface area contributed by atoms with Crippen LogP contribution in [0.5, 0.6) is 0 Å². The molecule has 0 saturated carbocycles. The van der Waals surface area contributed by atoms with Crippen LogP contribution in [0.15, 0.2) is 87.8 Å². The van der Waals surface area contributed by atoms with Gasteiger partial charge in [-0.1, -0.05) is 59.8 Å². The zero-order chi connectivity index (χ0) is 24.1. The Labute approximate surface area is 202 Å². The third-order valence-electron chi connectivity index (χ3n) is 4.66. The maximum atomic E-state index is 13.2. The molecule has 1 heterocycles. The summed E-state index contributed by atoms with van der Waals surface area (Å²) in [7, 11) is 0. The van der Waals surface area contributed by atoms with Crippen molar-refractivity contribution in [1.82, 2.24) is 15.0 Å². The number of fused-ring (bicyclic) bond motifs is 1. The lowest BCUT2D eigenvalue weighted by molar-refractivity contribution is -0.384. The average molecular weight is 494 g/mol. The lowest BCUT2D eigenvalue weighted by atomic mass is 10.2. The van der Waals surface area contributed by atoms with Crippen LogP contribution in [0, 0.1) is 10.1 Å². The van der Waals surface area contributed by atoms with Gasteiger partial charge in [0.15, 0.2) is 5.16 Å². The van der Waals surface area contributed by atoms with Gasteiger partial charge in [0.1, 0.15) is 5.02 Å². The molecule has 0 atom stereocenters. The van der Waals surface area contributed by atoms with Gasteiger partial charge in [0.2, 0.25) is 0 Å². The second kappa shape index (κ2) is 10.3. The van der Waals surface area contributed by atoms with Gasteiger partial charge >= 0.3 is 0 Å². The number of nitro groups is 1. The van der Waals surface area contributed by atoms with Gasteiger partial charge in [-0.3, -0.25) is 24.3 Å². The van der Waals surface area contributed by atoms with Crippen LogP contribution in [-0.2, 0) is 4.79 Å². The fraction of sp³-hybridized carbons (Fsp3) is 0.0435. The fourth-order valence-corrected chi connectivity index (χ4v) is 4.10. The highest BCUT2D eigenvalue weighted by Crippen LogP contribution is 2.24. The number of hydrogen-bond acceptors (Lipinski definition) is 7. The Kier molecular flexibility index (Phi) is 7.00. The Morgan fingerprint density at radius 2 is 1.88 bits per heavy atom. The van der Waals surface area contributed by atoms with Crippen molar-refractivity contribution >= 4 is 52.1 Å². The van der Waals surface area contributed by atoms with E-state index in [4.69, 9.17) is 11.6 Å². The van der Waals surface area contributed by atoms with E-state index in [-0.39, 0.29) is 22.0 Å². The summed E-state index contributed by atoms with van der Waals surface area (Å²) in [5, 5.41) is 15.7. The third-order valence-corrected chi connectivity index (χ3v) is 5.92. The maximum Gasteiger partial charge on any atom is 0.288 e. The molecular weight excluding hydrogens is 478 g/mol. The molecule has 0 bridgehead atoms. The molecule has 0 unspecified atom stereocenters. The van der Waals surface area contributed by atoms with Crippen molar-refractivity contribution in [2.24, 2.45) is 5.10 Å². The number of aromatic nitrogens is 2. The number of halogens is 1. The first-order valence-corrected chi connectivity index (χ1v) is 11.3. The van der Waals surface area contributed by atoms with Crippen molar-refractivity contribution in [3.05, 3.63) is 104 Å². The van der Waals surface area contributed by atoms with E-state index in [1.165, 1.54) is 29.0 Å². The quantitative estimate of drug-likeness (QED) is 0.135. The van der Waals surface area contributed by atoms with Gasteiger partial charge in [-0.15, -0.1) is 0 Å². The number of benzene rings is 3. The average Bonchev–Trinajstić information content (AvgIpc) is 2.84. The molecule has 3 aromatic carbocycles. The molecule has 9 nitrogen and oxygen atoms in total. The molecule has 0 aliphatic rings. The van der Waals surface area contributed by atoms with E-state index in [1.807, 2.05) is 18.2 Å². The van der Waals surface area contributed by atoms with Crippen LogP contribution < -0.4 is 11.0 Å². The molecule has 0 radical (unpaired) electrons. The van der Waals surface area contributed by atoms with Crippen LogP contribution >= 0.6 is 23.4 Å². The summed E-state index contributed by atoms with van der Waals surface area (Å²) in [6, 6.07) is 20.2. The zero-order valence-electron chi connectivity index (χ0n) is 17.4. The summed E-state index contributed by atoms with van der Waals surface area (Å²) in [6.07, 6.45) is 1.28. The van der Waals surface area contributed by atoms with E-state index in [1.54, 1.807) is 36.4 Å². The number of carbonyl (C=O) groups excluding carboxylic acids is 1. The summed E-state index contributed by atoms with van der Waals surface area (Å²) in [4.78, 5) is 40.5. The smallest absolute Gasteiger partial charge is 0.272 e. The number of hydrazone groups is 1. The maximum absolute atomic E-state index is 13.2. The molecule has 1 amide bonds. The molecule has 0 saturated heterocycles. The van der Waals surface area contributed by atoms with Crippen molar-refractivity contribution < 1.29 is 9.72 Å². The SMILES string of the molecule is O=C(CSc1nc2ccccc2c(=O)n1-c1ccccc1)N/N=C/c1ccc(Cl)c([N+](=O)[O-])c1. The van der Waals surface area contributed by atoms with E-state index in [0.717, 1.165) is 11.8 Å². The number of rotatable bonds is 7. The molecule has 0 aliphatic carbocycles. The Morgan fingerprint density at radius 3 is 2.65 bits per heavy atom. The van der Waals surface area contributed by atoms with Gasteiger partial charge < -0.3 is 0 Å². The van der Waals surface area contributed by atoms with Gasteiger partial charge in [-0.25, -0.2) is 10.4 Å². The van der Waals surface area contributed by atoms with Gasteiger partial charge in [-0.05, 0) is 30.3 Å². The number of carbonyl (C=O) groups is 1. The molecule has 4 aromatic rings. The van der Waals surface area contributed by atoms with Crippen molar-refractivity contribution in [3.8, 4) is 5.69 Å². The first kappa shape index (κ1) is 23.1. The standard InChI is InChI=1S/C23H16ClN5O4S/c24-18-11-10-15(12-20(18)29(32)33)13-25-27-21(30)14-34-23-26-19-9-5-4-8-17(19)22(31)28(23)16-6-2-1-3-7-16/h1-13H,14H2,(H,27,30)/b25-13+. The van der Waals surface area contributed by atoms with E-state index in [2.05, 4.69) is 15.5 Å². The van der Waals surface area contributed by atoms with Gasteiger partial charge in [0, 0.05) is 11.6 Å². The van der Waals surface area contributed by atoms with Crippen LogP contribution in [0.2, 0.25) is 5.02 Å². The van der Waals surface area contributed by atoms with E-state index in [9.17, 15) is 19.7 Å². The number of amides is 1. The van der Waals surface area contributed by atoms with Crippen molar-refractivity contribution in [3.63, 3.8) is 0 Å². The molecule has 0 aliphatic heterocycles. The lowest BCUT2D eigenvalue weighted by Gasteiger charge is -2.12. The first-order valence-electron chi connectivity index (χ1n) is 9.90. The van der Waals surface area contributed by atoms with E-state index >= 15 is 0 Å². The number of nitrogens with one attached hydrogen (secondary N) is 1. The molecule has 4 rings (SSSR count). The minimum atomic E-state index is -0.599. The van der Waals surface area contributed by atoms with Crippen LogP contribution in [0.1, 0.15) is 5.56 Å². The highest BCUT2D eigenvalue weighted by molar-refractivity contribution is 7.99. The molecule has 11 heteroatoms. The normalized spacial score (nSPS) is 11.1. The zero-order valence-corrected chi connectivity index (χ0v) is 19.0. The second-order valence-corrected chi connectivity index (χ2v) is 8.29. The summed E-state index contributed by atoms with van der Waals surface area (Å²) in [6.45, 7) is 0. The van der Waals surface area contributed by atoms with Crippen LogP contribution in [0.25, 0.3) is 16.6 Å². The van der Waals surface area contributed by atoms with Gasteiger partial charge in [-0.2, -0.15) is 5.10 Å². The van der Waals surface area contributed by atoms with Crippen molar-refractivity contribution in [2.75, 3.05) is 5.75 Å². The highest BCUT2D eigenvalue weighted by Gasteiger charge is 2.15. The molecule has 1 N–H and O–H groups in total. The minimum Gasteiger partial charge on any atom is -0.272 e. The predicted molar refractivity (Wildman–Crippen MR) is 132 cm³/mol. The topological polar surface area (TPSA) is 119 Å². The Morgan fingerprint density at radius 1 is 1.15 bits per heavy atom. The summed E-state index contributed by atoms with van der Waals surface area (Å²) >= 11 is 6.88. The number of nitrogens with zero attached hydrogens (tertiary/aromatic N) is 4. The molecule has 1 aromatic heterocycles. The summed E-state index contributed by atoms with van der Waals surface area (Å²) in [5.74, 6) is -0.498. The van der Waals surface area contributed by atoms with Crippen molar-refractivity contribution in [1.29, 1.82) is 0 Å². The molecule has 0 spiro atoms. The molecule has 170 valence electrons. The number of nitro benzene ring substituents is 1. The second-order valence-electron chi connectivity index (χ2n) is 6.94. The van der Waals surface area contributed by atoms with Gasteiger partial charge in [0.25, 0.3) is 17.2 Å². The Bertz CT molecular complexity index is 1470. The third kappa shape index (κ3) is 5.13. The number of hydrogen-bond donors (Lipinski definition) is 1. The monoisotopic (exact) mass is 493 g/mol. The Balaban J connectivity index is 1.52. The van der Waals surface area contributed by atoms with Crippen LogP contribution in [-0.4, -0.2) is 32.3 Å². The van der Waals surface area contributed by atoms with Crippen LogP contribution in [0.4, 0.5) is 5.69 Å².